The summed E-state index contributed by atoms with van der Waals surface area (Å²) in [5.41, 5.74) is 0. The number of piperazine rings is 1. The molecule has 1 aliphatic heterocycles. The van der Waals surface area contributed by atoms with Gasteiger partial charge in [0.05, 0.1) is 0 Å². The molecule has 1 aliphatic rings. The first-order valence-corrected chi connectivity index (χ1v) is 7.97. The highest BCUT2D eigenvalue weighted by Gasteiger charge is 2.19. The number of sulfonamides is 1. The van der Waals surface area contributed by atoms with Gasteiger partial charge < -0.3 is 9.88 Å². The maximum absolute atomic E-state index is 12.0. The van der Waals surface area contributed by atoms with Gasteiger partial charge in [0, 0.05) is 52.5 Å². The molecular formula is C10H20Cl3N5O2S. The van der Waals surface area contributed by atoms with Crippen molar-refractivity contribution in [1.82, 2.24) is 24.5 Å². The second kappa shape index (κ2) is 9.14. The quantitative estimate of drug-likeness (QED) is 0.757. The minimum absolute atomic E-state index is 0. The number of nitrogens with one attached hydrogen (secondary N) is 2. The van der Waals surface area contributed by atoms with Crippen LogP contribution in [0.25, 0.3) is 0 Å². The van der Waals surface area contributed by atoms with E-state index >= 15 is 0 Å². The summed E-state index contributed by atoms with van der Waals surface area (Å²) in [6, 6.07) is 0. The molecule has 21 heavy (non-hydrogen) atoms. The normalized spacial score (nSPS) is 16.1. The van der Waals surface area contributed by atoms with Gasteiger partial charge in [-0.1, -0.05) is 0 Å². The zero-order valence-corrected chi connectivity index (χ0v) is 14.8. The van der Waals surface area contributed by atoms with Crippen LogP contribution >= 0.6 is 36.4 Å². The molecule has 11 heteroatoms. The first-order chi connectivity index (χ1) is 8.99. The van der Waals surface area contributed by atoms with Crippen molar-refractivity contribution in [3.05, 3.63) is 11.5 Å². The van der Waals surface area contributed by atoms with Crippen molar-refractivity contribution in [3.8, 4) is 0 Å². The maximum atomic E-state index is 12.0. The third kappa shape index (κ3) is 5.90. The fraction of sp³-hybridized carbons (Fsp3) is 0.700. The second-order valence-electron chi connectivity index (χ2n) is 4.45. The lowest BCUT2D eigenvalue weighted by atomic mass is 10.3. The summed E-state index contributed by atoms with van der Waals surface area (Å²) in [7, 11) is -1.92. The van der Waals surface area contributed by atoms with E-state index in [2.05, 4.69) is 19.9 Å². The standard InChI is InChI=1S/C10H18ClN5O2S.2ClH/c1-15-8-9(14-10(15)11)19(17,18)13-4-7-16-5-2-12-3-6-16;;/h8,12-13H,2-7H2,1H3;2*1H. The molecule has 0 amide bonds. The highest BCUT2D eigenvalue weighted by Crippen LogP contribution is 2.11. The molecule has 2 heterocycles. The number of hydrogen-bond acceptors (Lipinski definition) is 5. The van der Waals surface area contributed by atoms with Crippen LogP contribution in [-0.2, 0) is 17.1 Å². The number of hydrogen-bond donors (Lipinski definition) is 2. The Labute approximate surface area is 142 Å². The molecule has 0 radical (unpaired) electrons. The molecule has 1 saturated heterocycles. The van der Waals surface area contributed by atoms with Crippen LogP contribution in [0.15, 0.2) is 11.2 Å². The van der Waals surface area contributed by atoms with E-state index < -0.39 is 10.0 Å². The number of halogens is 3. The van der Waals surface area contributed by atoms with Crippen LogP contribution < -0.4 is 10.0 Å². The molecule has 0 saturated carbocycles. The lowest BCUT2D eigenvalue weighted by Crippen LogP contribution is -2.46. The van der Waals surface area contributed by atoms with Gasteiger partial charge in [-0.05, 0) is 11.6 Å². The number of aromatic nitrogens is 2. The highest BCUT2D eigenvalue weighted by atomic mass is 35.5. The number of aryl methyl sites for hydroxylation is 1. The number of rotatable bonds is 5. The Morgan fingerprint density at radius 2 is 2.00 bits per heavy atom. The van der Waals surface area contributed by atoms with Crippen LogP contribution in [-0.4, -0.2) is 62.1 Å². The molecule has 1 aromatic heterocycles. The van der Waals surface area contributed by atoms with Crippen molar-refractivity contribution in [2.45, 2.75) is 5.03 Å². The van der Waals surface area contributed by atoms with Crippen LogP contribution in [0.2, 0.25) is 5.28 Å². The average Bonchev–Trinajstić information content (AvgIpc) is 2.72. The summed E-state index contributed by atoms with van der Waals surface area (Å²) in [5, 5.41) is 3.36. The van der Waals surface area contributed by atoms with Crippen LogP contribution in [0.1, 0.15) is 0 Å². The fourth-order valence-electron chi connectivity index (χ4n) is 1.89. The number of imidazole rings is 1. The van der Waals surface area contributed by atoms with Gasteiger partial charge in [-0.15, -0.1) is 24.8 Å². The lowest BCUT2D eigenvalue weighted by Gasteiger charge is -2.26. The topological polar surface area (TPSA) is 79.3 Å². The molecule has 2 rings (SSSR count). The van der Waals surface area contributed by atoms with E-state index in [-0.39, 0.29) is 35.1 Å². The highest BCUT2D eigenvalue weighted by molar-refractivity contribution is 7.89. The van der Waals surface area contributed by atoms with E-state index in [1.807, 2.05) is 0 Å². The van der Waals surface area contributed by atoms with Gasteiger partial charge in [-0.25, -0.2) is 18.1 Å². The molecule has 7 nitrogen and oxygen atoms in total. The summed E-state index contributed by atoms with van der Waals surface area (Å²) in [4.78, 5) is 6.01. The van der Waals surface area contributed by atoms with Crippen LogP contribution in [0.3, 0.4) is 0 Å². The Balaban J connectivity index is 0.00000200. The van der Waals surface area contributed by atoms with Crippen molar-refractivity contribution in [2.24, 2.45) is 7.05 Å². The molecule has 1 aromatic rings. The van der Waals surface area contributed by atoms with Crippen molar-refractivity contribution < 1.29 is 8.42 Å². The predicted molar refractivity (Wildman–Crippen MR) is 87.2 cm³/mol. The van der Waals surface area contributed by atoms with Crippen LogP contribution in [0.5, 0.6) is 0 Å². The van der Waals surface area contributed by atoms with Gasteiger partial charge in [0.2, 0.25) is 5.28 Å². The maximum Gasteiger partial charge on any atom is 0.259 e. The summed E-state index contributed by atoms with van der Waals surface area (Å²) < 4.78 is 27.9. The third-order valence-electron chi connectivity index (χ3n) is 3.00. The zero-order valence-electron chi connectivity index (χ0n) is 11.6. The van der Waals surface area contributed by atoms with Crippen LogP contribution in [0, 0.1) is 0 Å². The van der Waals surface area contributed by atoms with E-state index in [1.54, 1.807) is 7.05 Å². The summed E-state index contributed by atoms with van der Waals surface area (Å²) in [6.07, 6.45) is 1.40. The average molecular weight is 381 g/mol. The Bertz CT molecular complexity index is 511. The molecule has 0 aliphatic carbocycles. The smallest absolute Gasteiger partial charge is 0.259 e. The van der Waals surface area contributed by atoms with E-state index in [0.29, 0.717) is 13.1 Å². The van der Waals surface area contributed by atoms with Gasteiger partial charge in [0.15, 0.2) is 5.03 Å². The third-order valence-corrected chi connectivity index (χ3v) is 4.69. The molecule has 2 N–H and O–H groups in total. The van der Waals surface area contributed by atoms with E-state index in [4.69, 9.17) is 11.6 Å². The first-order valence-electron chi connectivity index (χ1n) is 6.10. The molecule has 1 fully saturated rings. The van der Waals surface area contributed by atoms with Crippen molar-refractivity contribution >= 4 is 46.4 Å². The second-order valence-corrected chi connectivity index (χ2v) is 6.50. The molecular weight excluding hydrogens is 361 g/mol. The fourth-order valence-corrected chi connectivity index (χ4v) is 3.10. The number of nitrogens with zero attached hydrogens (tertiary/aromatic N) is 3. The van der Waals surface area contributed by atoms with E-state index in [1.165, 1.54) is 10.8 Å². The minimum Gasteiger partial charge on any atom is -0.323 e. The van der Waals surface area contributed by atoms with Crippen molar-refractivity contribution in [1.29, 1.82) is 0 Å². The van der Waals surface area contributed by atoms with Gasteiger partial charge >= 0.3 is 0 Å². The van der Waals surface area contributed by atoms with Crippen molar-refractivity contribution in [2.75, 3.05) is 39.3 Å². The molecule has 124 valence electrons. The van der Waals surface area contributed by atoms with Gasteiger partial charge in [0.25, 0.3) is 10.0 Å². The molecule has 0 aromatic carbocycles. The minimum atomic E-state index is -3.57. The monoisotopic (exact) mass is 379 g/mol. The summed E-state index contributed by atoms with van der Waals surface area (Å²) >= 11 is 5.74. The van der Waals surface area contributed by atoms with Gasteiger partial charge in [0.1, 0.15) is 0 Å². The first kappa shape index (κ1) is 20.9. The Morgan fingerprint density at radius 1 is 1.38 bits per heavy atom. The molecule has 0 bridgehead atoms. The summed E-state index contributed by atoms with van der Waals surface area (Å²) in [6.45, 7) is 4.84. The Morgan fingerprint density at radius 3 is 2.52 bits per heavy atom. The van der Waals surface area contributed by atoms with Gasteiger partial charge in [-0.3, -0.25) is 4.90 Å². The predicted octanol–water partition coefficient (Wildman–Crippen LogP) is 0.101. The van der Waals surface area contributed by atoms with E-state index in [9.17, 15) is 8.42 Å². The summed E-state index contributed by atoms with van der Waals surface area (Å²) in [5.74, 6) is 0. The SMILES string of the molecule is Cl.Cl.Cn1cc(S(=O)(=O)NCCN2CCNCC2)nc1Cl. The lowest BCUT2D eigenvalue weighted by molar-refractivity contribution is 0.245. The Kier molecular flexibility index (Phi) is 9.10. The largest absolute Gasteiger partial charge is 0.323 e. The van der Waals surface area contributed by atoms with Gasteiger partial charge in [-0.2, -0.15) is 0 Å². The van der Waals surface area contributed by atoms with Crippen molar-refractivity contribution in [3.63, 3.8) is 0 Å². The van der Waals surface area contributed by atoms with Crippen LogP contribution in [0.4, 0.5) is 0 Å². The molecule has 0 unspecified atom stereocenters. The molecule has 0 spiro atoms. The zero-order chi connectivity index (χ0) is 13.9. The van der Waals surface area contributed by atoms with E-state index in [0.717, 1.165) is 26.2 Å². The molecule has 0 atom stereocenters. The Hall–Kier alpha value is -0.0900.